The standard InChI is InChI=1S/C14H11ClN2/c1-10-14(11-5-7-12(15)8-6-11)16-13-4-2-3-9-17(10)13/h2-9H,1H3. The number of aromatic nitrogens is 2. The van der Waals surface area contributed by atoms with Gasteiger partial charge in [-0.3, -0.25) is 0 Å². The number of benzene rings is 1. The van der Waals surface area contributed by atoms with Crippen LogP contribution in [0.2, 0.25) is 5.02 Å². The van der Waals surface area contributed by atoms with Crippen LogP contribution in [0.15, 0.2) is 48.7 Å². The summed E-state index contributed by atoms with van der Waals surface area (Å²) in [5, 5.41) is 0.746. The Balaban J connectivity index is 2.24. The lowest BCUT2D eigenvalue weighted by atomic mass is 10.1. The zero-order valence-electron chi connectivity index (χ0n) is 9.39. The minimum Gasteiger partial charge on any atom is -0.304 e. The fraction of sp³-hybridized carbons (Fsp3) is 0.0714. The van der Waals surface area contributed by atoms with Crippen LogP contribution >= 0.6 is 11.6 Å². The van der Waals surface area contributed by atoms with Crippen molar-refractivity contribution in [2.24, 2.45) is 0 Å². The van der Waals surface area contributed by atoms with Gasteiger partial charge in [-0.05, 0) is 31.2 Å². The van der Waals surface area contributed by atoms with Gasteiger partial charge in [-0.1, -0.05) is 29.8 Å². The number of rotatable bonds is 1. The summed E-state index contributed by atoms with van der Waals surface area (Å²) in [6.07, 6.45) is 2.02. The Kier molecular flexibility index (Phi) is 2.37. The van der Waals surface area contributed by atoms with Crippen molar-refractivity contribution in [1.82, 2.24) is 9.38 Å². The lowest BCUT2D eigenvalue weighted by Gasteiger charge is -1.99. The van der Waals surface area contributed by atoms with E-state index >= 15 is 0 Å². The average Bonchev–Trinajstić information content (AvgIpc) is 2.69. The van der Waals surface area contributed by atoms with Gasteiger partial charge in [0.2, 0.25) is 0 Å². The maximum atomic E-state index is 5.89. The molecule has 0 unspecified atom stereocenters. The number of fused-ring (bicyclic) bond motifs is 1. The van der Waals surface area contributed by atoms with Crippen molar-refractivity contribution >= 4 is 17.2 Å². The highest BCUT2D eigenvalue weighted by atomic mass is 35.5. The molecule has 0 aliphatic heterocycles. The maximum Gasteiger partial charge on any atom is 0.137 e. The molecular weight excluding hydrogens is 232 g/mol. The summed E-state index contributed by atoms with van der Waals surface area (Å²) in [6, 6.07) is 13.8. The maximum absolute atomic E-state index is 5.89. The first-order chi connectivity index (χ1) is 8.25. The molecule has 0 aliphatic rings. The zero-order valence-corrected chi connectivity index (χ0v) is 10.1. The summed E-state index contributed by atoms with van der Waals surface area (Å²) in [5.74, 6) is 0. The van der Waals surface area contributed by atoms with Crippen LogP contribution in [0.5, 0.6) is 0 Å². The Morgan fingerprint density at radius 2 is 1.82 bits per heavy atom. The number of pyridine rings is 1. The molecule has 0 atom stereocenters. The second kappa shape index (κ2) is 3.90. The molecule has 0 aliphatic carbocycles. The Hall–Kier alpha value is -1.80. The Morgan fingerprint density at radius 1 is 1.06 bits per heavy atom. The molecule has 3 heteroatoms. The molecule has 2 nitrogen and oxygen atoms in total. The van der Waals surface area contributed by atoms with Crippen molar-refractivity contribution in [2.75, 3.05) is 0 Å². The number of imidazole rings is 1. The summed E-state index contributed by atoms with van der Waals surface area (Å²) in [5.41, 5.74) is 4.21. The van der Waals surface area contributed by atoms with E-state index in [1.165, 1.54) is 0 Å². The van der Waals surface area contributed by atoms with Gasteiger partial charge in [-0.25, -0.2) is 4.98 Å². The number of halogens is 1. The van der Waals surface area contributed by atoms with Gasteiger partial charge >= 0.3 is 0 Å². The van der Waals surface area contributed by atoms with Gasteiger partial charge < -0.3 is 4.40 Å². The first kappa shape index (κ1) is 10.4. The highest BCUT2D eigenvalue weighted by Crippen LogP contribution is 2.24. The molecule has 84 valence electrons. The molecule has 0 radical (unpaired) electrons. The first-order valence-electron chi connectivity index (χ1n) is 5.45. The van der Waals surface area contributed by atoms with E-state index in [4.69, 9.17) is 11.6 Å². The van der Waals surface area contributed by atoms with Crippen LogP contribution in [0.1, 0.15) is 5.69 Å². The van der Waals surface area contributed by atoms with Crippen LogP contribution in [0.4, 0.5) is 0 Å². The molecule has 3 rings (SSSR count). The van der Waals surface area contributed by atoms with Crippen molar-refractivity contribution in [3.05, 3.63) is 59.4 Å². The third kappa shape index (κ3) is 1.71. The van der Waals surface area contributed by atoms with Crippen LogP contribution in [-0.4, -0.2) is 9.38 Å². The van der Waals surface area contributed by atoms with Crippen molar-refractivity contribution in [3.8, 4) is 11.3 Å². The average molecular weight is 243 g/mol. The van der Waals surface area contributed by atoms with Crippen molar-refractivity contribution < 1.29 is 0 Å². The first-order valence-corrected chi connectivity index (χ1v) is 5.83. The molecule has 0 spiro atoms. The summed E-state index contributed by atoms with van der Waals surface area (Å²) < 4.78 is 2.09. The fourth-order valence-corrected chi connectivity index (χ4v) is 2.13. The number of hydrogen-bond acceptors (Lipinski definition) is 1. The molecule has 3 aromatic rings. The van der Waals surface area contributed by atoms with E-state index in [1.807, 2.05) is 48.7 Å². The number of aryl methyl sites for hydroxylation is 1. The molecule has 2 heterocycles. The molecule has 0 saturated carbocycles. The van der Waals surface area contributed by atoms with Crippen molar-refractivity contribution in [1.29, 1.82) is 0 Å². The minimum absolute atomic E-state index is 0.746. The molecular formula is C14H11ClN2. The predicted molar refractivity (Wildman–Crippen MR) is 70.4 cm³/mol. The van der Waals surface area contributed by atoms with E-state index in [2.05, 4.69) is 16.3 Å². The van der Waals surface area contributed by atoms with Crippen LogP contribution < -0.4 is 0 Å². The van der Waals surface area contributed by atoms with Gasteiger partial charge in [-0.15, -0.1) is 0 Å². The molecule has 0 amide bonds. The topological polar surface area (TPSA) is 17.3 Å². The van der Waals surface area contributed by atoms with Gasteiger partial charge in [0.05, 0.1) is 5.69 Å². The van der Waals surface area contributed by atoms with Gasteiger partial charge in [0.25, 0.3) is 0 Å². The molecule has 0 N–H and O–H groups in total. The second-order valence-electron chi connectivity index (χ2n) is 3.98. The van der Waals surface area contributed by atoms with Crippen LogP contribution in [0, 0.1) is 6.92 Å². The van der Waals surface area contributed by atoms with Crippen molar-refractivity contribution in [2.45, 2.75) is 6.92 Å². The summed E-state index contributed by atoms with van der Waals surface area (Å²) >= 11 is 5.89. The Morgan fingerprint density at radius 3 is 2.53 bits per heavy atom. The monoisotopic (exact) mass is 242 g/mol. The van der Waals surface area contributed by atoms with Gasteiger partial charge in [-0.2, -0.15) is 0 Å². The highest BCUT2D eigenvalue weighted by Gasteiger charge is 2.09. The van der Waals surface area contributed by atoms with Crippen molar-refractivity contribution in [3.63, 3.8) is 0 Å². The van der Waals surface area contributed by atoms with E-state index in [0.717, 1.165) is 27.6 Å². The van der Waals surface area contributed by atoms with E-state index in [9.17, 15) is 0 Å². The van der Waals surface area contributed by atoms with Gasteiger partial charge in [0.1, 0.15) is 5.65 Å². The van der Waals surface area contributed by atoms with E-state index in [-0.39, 0.29) is 0 Å². The largest absolute Gasteiger partial charge is 0.304 e. The lowest BCUT2D eigenvalue weighted by molar-refractivity contribution is 1.11. The lowest BCUT2D eigenvalue weighted by Crippen LogP contribution is -1.85. The summed E-state index contributed by atoms with van der Waals surface area (Å²) in [4.78, 5) is 4.63. The van der Waals surface area contributed by atoms with Crippen LogP contribution in [0.3, 0.4) is 0 Å². The molecule has 17 heavy (non-hydrogen) atoms. The van der Waals surface area contributed by atoms with Crippen LogP contribution in [0.25, 0.3) is 16.9 Å². The molecule has 0 saturated heterocycles. The molecule has 0 bridgehead atoms. The zero-order chi connectivity index (χ0) is 11.8. The van der Waals surface area contributed by atoms with Crippen LogP contribution in [-0.2, 0) is 0 Å². The summed E-state index contributed by atoms with van der Waals surface area (Å²) in [6.45, 7) is 2.07. The number of hydrogen-bond donors (Lipinski definition) is 0. The highest BCUT2D eigenvalue weighted by molar-refractivity contribution is 6.30. The van der Waals surface area contributed by atoms with Gasteiger partial charge in [0.15, 0.2) is 0 Å². The second-order valence-corrected chi connectivity index (χ2v) is 4.42. The Bertz CT molecular complexity index is 668. The fourth-order valence-electron chi connectivity index (χ4n) is 2.00. The SMILES string of the molecule is Cc1c(-c2ccc(Cl)cc2)nc2ccccn12. The predicted octanol–water partition coefficient (Wildman–Crippen LogP) is 3.96. The minimum atomic E-state index is 0.746. The third-order valence-corrected chi connectivity index (χ3v) is 3.14. The quantitative estimate of drug-likeness (QED) is 0.631. The number of nitrogens with zero attached hydrogens (tertiary/aromatic N) is 2. The molecule has 2 aromatic heterocycles. The molecule has 1 aromatic carbocycles. The summed E-state index contributed by atoms with van der Waals surface area (Å²) in [7, 11) is 0. The Labute approximate surface area is 104 Å². The van der Waals surface area contributed by atoms with E-state index in [0.29, 0.717) is 0 Å². The molecule has 0 fully saturated rings. The van der Waals surface area contributed by atoms with Gasteiger partial charge in [0, 0.05) is 22.5 Å². The smallest absolute Gasteiger partial charge is 0.137 e. The van der Waals surface area contributed by atoms with E-state index < -0.39 is 0 Å². The van der Waals surface area contributed by atoms with E-state index in [1.54, 1.807) is 0 Å². The normalized spacial score (nSPS) is 10.9. The third-order valence-electron chi connectivity index (χ3n) is 2.89.